The van der Waals surface area contributed by atoms with Gasteiger partial charge in [-0.3, -0.25) is 0 Å². The van der Waals surface area contributed by atoms with Crippen LogP contribution in [0, 0.1) is 0 Å². The zero-order valence-electron chi connectivity index (χ0n) is 9.15. The van der Waals surface area contributed by atoms with E-state index in [0.717, 1.165) is 18.2 Å². The minimum Gasteiger partial charge on any atom is -0.396 e. The Morgan fingerprint density at radius 1 is 1.22 bits per heavy atom. The molecule has 3 N–H and O–H groups in total. The van der Waals surface area contributed by atoms with Crippen molar-refractivity contribution in [1.82, 2.24) is 0 Å². The second kappa shape index (κ2) is 6.01. The lowest BCUT2D eigenvalue weighted by Gasteiger charge is -2.19. The first-order valence-corrected chi connectivity index (χ1v) is 5.90. The first-order valence-electron chi connectivity index (χ1n) is 5.11. The van der Waals surface area contributed by atoms with E-state index in [9.17, 15) is 23.4 Å². The SMILES string of the molecule is OCCC(O)C(O)c1ccc(C(F)(F)F)cc1Br. The van der Waals surface area contributed by atoms with Gasteiger partial charge in [0.2, 0.25) is 0 Å². The van der Waals surface area contributed by atoms with E-state index >= 15 is 0 Å². The summed E-state index contributed by atoms with van der Waals surface area (Å²) < 4.78 is 37.3. The zero-order chi connectivity index (χ0) is 13.9. The average Bonchev–Trinajstić information content (AvgIpc) is 2.27. The molecule has 0 aliphatic rings. The Hall–Kier alpha value is -0.630. The van der Waals surface area contributed by atoms with Crippen LogP contribution in [-0.2, 0) is 6.18 Å². The maximum absolute atomic E-state index is 12.4. The van der Waals surface area contributed by atoms with Gasteiger partial charge in [0.25, 0.3) is 0 Å². The number of alkyl halides is 3. The minimum absolute atomic E-state index is 0.0572. The van der Waals surface area contributed by atoms with Crippen LogP contribution in [0.25, 0.3) is 0 Å². The van der Waals surface area contributed by atoms with Gasteiger partial charge in [0.1, 0.15) is 6.10 Å². The molecule has 0 aliphatic heterocycles. The molecule has 0 spiro atoms. The van der Waals surface area contributed by atoms with E-state index in [1.807, 2.05) is 0 Å². The molecule has 0 bridgehead atoms. The largest absolute Gasteiger partial charge is 0.416 e. The average molecular weight is 329 g/mol. The second-order valence-electron chi connectivity index (χ2n) is 3.76. The third-order valence-corrected chi connectivity index (χ3v) is 3.12. The van der Waals surface area contributed by atoms with Gasteiger partial charge in [0, 0.05) is 11.1 Å². The molecule has 0 saturated heterocycles. The normalized spacial score (nSPS) is 15.5. The van der Waals surface area contributed by atoms with Gasteiger partial charge in [0.05, 0.1) is 11.7 Å². The van der Waals surface area contributed by atoms with Gasteiger partial charge in [-0.15, -0.1) is 0 Å². The van der Waals surface area contributed by atoms with E-state index in [2.05, 4.69) is 15.9 Å². The predicted molar refractivity (Wildman–Crippen MR) is 61.8 cm³/mol. The standard InChI is InChI=1S/C11H12BrF3O3/c12-8-5-6(11(13,14)15)1-2-7(8)10(18)9(17)3-4-16/h1-2,5,9-10,16-18H,3-4H2. The molecule has 0 aliphatic carbocycles. The molecule has 1 aromatic carbocycles. The Morgan fingerprint density at radius 3 is 2.28 bits per heavy atom. The quantitative estimate of drug-likeness (QED) is 0.794. The summed E-state index contributed by atoms with van der Waals surface area (Å²) in [5.41, 5.74) is -0.703. The molecule has 0 heterocycles. The van der Waals surface area contributed by atoms with Crippen molar-refractivity contribution >= 4 is 15.9 Å². The summed E-state index contributed by atoms with van der Waals surface area (Å²) in [5, 5.41) is 27.8. The van der Waals surface area contributed by atoms with Crippen LogP contribution in [0.1, 0.15) is 23.7 Å². The highest BCUT2D eigenvalue weighted by atomic mass is 79.9. The molecule has 2 unspecified atom stereocenters. The smallest absolute Gasteiger partial charge is 0.396 e. The van der Waals surface area contributed by atoms with Crippen molar-refractivity contribution in [1.29, 1.82) is 0 Å². The first kappa shape index (κ1) is 15.4. The van der Waals surface area contributed by atoms with Crippen LogP contribution in [-0.4, -0.2) is 28.0 Å². The number of aliphatic hydroxyl groups is 3. The molecule has 102 valence electrons. The minimum atomic E-state index is -4.46. The fraction of sp³-hybridized carbons (Fsp3) is 0.455. The lowest BCUT2D eigenvalue weighted by molar-refractivity contribution is -0.137. The molecule has 1 aromatic rings. The highest BCUT2D eigenvalue weighted by molar-refractivity contribution is 9.10. The first-order chi connectivity index (χ1) is 8.27. The molecule has 18 heavy (non-hydrogen) atoms. The van der Waals surface area contributed by atoms with Crippen LogP contribution in [0.5, 0.6) is 0 Å². The summed E-state index contributed by atoms with van der Waals surface area (Å²) in [7, 11) is 0. The van der Waals surface area contributed by atoms with Crippen molar-refractivity contribution in [2.45, 2.75) is 24.8 Å². The van der Waals surface area contributed by atoms with Crippen LogP contribution in [0.2, 0.25) is 0 Å². The van der Waals surface area contributed by atoms with Crippen LogP contribution >= 0.6 is 15.9 Å². The highest BCUT2D eigenvalue weighted by Crippen LogP contribution is 2.34. The summed E-state index contributed by atoms with van der Waals surface area (Å²) in [6.45, 7) is -0.323. The summed E-state index contributed by atoms with van der Waals surface area (Å²) in [5.74, 6) is 0. The third kappa shape index (κ3) is 3.68. The Labute approximate surface area is 110 Å². The van der Waals surface area contributed by atoms with E-state index in [1.54, 1.807) is 0 Å². The van der Waals surface area contributed by atoms with Crippen LogP contribution in [0.15, 0.2) is 22.7 Å². The van der Waals surface area contributed by atoms with Crippen molar-refractivity contribution in [3.8, 4) is 0 Å². The highest BCUT2D eigenvalue weighted by Gasteiger charge is 2.31. The van der Waals surface area contributed by atoms with Gasteiger partial charge >= 0.3 is 6.18 Å². The van der Waals surface area contributed by atoms with Crippen molar-refractivity contribution in [3.63, 3.8) is 0 Å². The molecule has 0 amide bonds. The van der Waals surface area contributed by atoms with Crippen LogP contribution in [0.3, 0.4) is 0 Å². The molecule has 2 atom stereocenters. The summed E-state index contributed by atoms with van der Waals surface area (Å²) in [6.07, 6.45) is -7.11. The van der Waals surface area contributed by atoms with Gasteiger partial charge in [-0.1, -0.05) is 22.0 Å². The molecule has 0 aromatic heterocycles. The lowest BCUT2D eigenvalue weighted by Crippen LogP contribution is -2.20. The second-order valence-corrected chi connectivity index (χ2v) is 4.61. The Kier molecular flexibility index (Phi) is 5.15. The van der Waals surface area contributed by atoms with Crippen molar-refractivity contribution < 1.29 is 28.5 Å². The van der Waals surface area contributed by atoms with Gasteiger partial charge in [-0.05, 0) is 24.1 Å². The molecule has 1 rings (SSSR count). The Balaban J connectivity index is 2.99. The van der Waals surface area contributed by atoms with E-state index in [0.29, 0.717) is 0 Å². The van der Waals surface area contributed by atoms with Gasteiger partial charge in [-0.2, -0.15) is 13.2 Å². The fourth-order valence-corrected chi connectivity index (χ4v) is 2.05. The summed E-state index contributed by atoms with van der Waals surface area (Å²) in [4.78, 5) is 0. The van der Waals surface area contributed by atoms with Gasteiger partial charge in [-0.25, -0.2) is 0 Å². The monoisotopic (exact) mass is 328 g/mol. The number of hydrogen-bond acceptors (Lipinski definition) is 3. The molecule has 0 fully saturated rings. The van der Waals surface area contributed by atoms with Crippen molar-refractivity contribution in [2.75, 3.05) is 6.61 Å². The maximum atomic E-state index is 12.4. The van der Waals surface area contributed by atoms with Gasteiger partial charge in [0.15, 0.2) is 0 Å². The maximum Gasteiger partial charge on any atom is 0.416 e. The van der Waals surface area contributed by atoms with Crippen molar-refractivity contribution in [2.24, 2.45) is 0 Å². The summed E-state index contributed by atoms with van der Waals surface area (Å²) >= 11 is 2.93. The van der Waals surface area contributed by atoms with Gasteiger partial charge < -0.3 is 15.3 Å². The number of aliphatic hydroxyl groups excluding tert-OH is 3. The van der Waals surface area contributed by atoms with E-state index in [1.165, 1.54) is 0 Å². The topological polar surface area (TPSA) is 60.7 Å². The van der Waals surface area contributed by atoms with E-state index < -0.39 is 23.9 Å². The predicted octanol–water partition coefficient (Wildman–Crippen LogP) is 2.24. The number of halogens is 4. The number of rotatable bonds is 4. The van der Waals surface area contributed by atoms with Crippen molar-refractivity contribution in [3.05, 3.63) is 33.8 Å². The Morgan fingerprint density at radius 2 is 1.83 bits per heavy atom. The molecule has 0 saturated carbocycles. The lowest BCUT2D eigenvalue weighted by atomic mass is 10.0. The van der Waals surface area contributed by atoms with E-state index in [-0.39, 0.29) is 23.1 Å². The summed E-state index contributed by atoms with van der Waals surface area (Å²) in [6, 6.07) is 2.76. The number of hydrogen-bond donors (Lipinski definition) is 3. The molecule has 0 radical (unpaired) electrons. The third-order valence-electron chi connectivity index (χ3n) is 2.44. The molecule has 3 nitrogen and oxygen atoms in total. The fourth-order valence-electron chi connectivity index (χ4n) is 1.44. The van der Waals surface area contributed by atoms with E-state index in [4.69, 9.17) is 5.11 Å². The molecular formula is C11H12BrF3O3. The molecule has 7 heteroatoms. The Bertz CT molecular complexity index is 409. The van der Waals surface area contributed by atoms with Crippen LogP contribution in [0.4, 0.5) is 13.2 Å². The van der Waals surface area contributed by atoms with Crippen LogP contribution < -0.4 is 0 Å². The zero-order valence-corrected chi connectivity index (χ0v) is 10.7. The molecular weight excluding hydrogens is 317 g/mol. The number of benzene rings is 1.